The molecule has 5 rings (SSSR count). The van der Waals surface area contributed by atoms with E-state index >= 15 is 0 Å². The van der Waals surface area contributed by atoms with E-state index in [0.717, 1.165) is 39.7 Å². The largest absolute Gasteiger partial charge is 0.457 e. The summed E-state index contributed by atoms with van der Waals surface area (Å²) in [5, 5.41) is 12.9. The molecule has 0 amide bonds. The number of aryl methyl sites for hydroxylation is 1. The van der Waals surface area contributed by atoms with E-state index in [1.807, 2.05) is 83.5 Å². The number of hydrogen-bond acceptors (Lipinski definition) is 5. The number of hydrogen-bond donors (Lipinski definition) is 0. The molecule has 1 atom stereocenters. The van der Waals surface area contributed by atoms with Crippen LogP contribution < -0.4 is 4.74 Å². The third-order valence-corrected chi connectivity index (χ3v) is 5.95. The highest BCUT2D eigenvalue weighted by Gasteiger charge is 2.26. The van der Waals surface area contributed by atoms with Crippen LogP contribution in [0.3, 0.4) is 0 Å². The Kier molecular flexibility index (Phi) is 6.63. The molecule has 1 heterocycles. The highest BCUT2D eigenvalue weighted by molar-refractivity contribution is 5.41. The van der Waals surface area contributed by atoms with Crippen molar-refractivity contribution in [3.63, 3.8) is 0 Å². The van der Waals surface area contributed by atoms with E-state index < -0.39 is 0 Å². The number of para-hydroxylation sites is 2. The summed E-state index contributed by atoms with van der Waals surface area (Å²) in [4.78, 5) is 2.26. The van der Waals surface area contributed by atoms with Gasteiger partial charge in [0.05, 0.1) is 11.7 Å². The van der Waals surface area contributed by atoms with Crippen LogP contribution >= 0.6 is 0 Å². The van der Waals surface area contributed by atoms with Gasteiger partial charge in [-0.2, -0.15) is 4.68 Å². The summed E-state index contributed by atoms with van der Waals surface area (Å²) in [6.45, 7) is 2.76. The average Bonchev–Trinajstić information content (AvgIpc) is 3.35. The summed E-state index contributed by atoms with van der Waals surface area (Å²) in [5.41, 5.74) is 4.34. The van der Waals surface area contributed by atoms with Crippen LogP contribution in [-0.4, -0.2) is 32.2 Å². The molecule has 0 fully saturated rings. The van der Waals surface area contributed by atoms with E-state index in [0.29, 0.717) is 6.54 Å². The first-order valence-electron chi connectivity index (χ1n) is 11.6. The minimum atomic E-state index is -0.149. The minimum absolute atomic E-state index is 0.149. The summed E-state index contributed by atoms with van der Waals surface area (Å²) in [6.07, 6.45) is 0. The number of benzene rings is 4. The van der Waals surface area contributed by atoms with Crippen molar-refractivity contribution in [2.45, 2.75) is 19.5 Å². The highest BCUT2D eigenvalue weighted by atomic mass is 16.5. The maximum atomic E-state index is 6.05. The van der Waals surface area contributed by atoms with Gasteiger partial charge in [-0.15, -0.1) is 5.10 Å². The molecule has 0 aliphatic carbocycles. The van der Waals surface area contributed by atoms with Crippen molar-refractivity contribution in [1.29, 1.82) is 0 Å². The van der Waals surface area contributed by atoms with Crippen LogP contribution in [0, 0.1) is 6.92 Å². The Bertz CT molecular complexity index is 1380. The van der Waals surface area contributed by atoms with Gasteiger partial charge in [0, 0.05) is 6.54 Å². The Hall–Kier alpha value is -4.29. The van der Waals surface area contributed by atoms with E-state index in [2.05, 4.69) is 64.7 Å². The normalized spacial score (nSPS) is 12.0. The number of aromatic nitrogens is 4. The first kappa shape index (κ1) is 22.5. The average molecular weight is 462 g/mol. The monoisotopic (exact) mass is 461 g/mol. The first-order valence-corrected chi connectivity index (χ1v) is 11.6. The lowest BCUT2D eigenvalue weighted by Gasteiger charge is -2.28. The third kappa shape index (κ3) is 5.13. The van der Waals surface area contributed by atoms with Crippen LogP contribution in [0.5, 0.6) is 11.5 Å². The fourth-order valence-electron chi connectivity index (χ4n) is 4.28. The molecule has 0 aliphatic heterocycles. The topological polar surface area (TPSA) is 56.1 Å². The van der Waals surface area contributed by atoms with E-state index in [9.17, 15) is 0 Å². The molecule has 1 aromatic heterocycles. The SMILES string of the molecule is Cc1ccccc1-n1nnnc1C(c1ccccc1)N(C)Cc1cccc(Oc2ccccc2)c1. The Morgan fingerprint density at radius 2 is 1.49 bits per heavy atom. The van der Waals surface area contributed by atoms with Gasteiger partial charge in [0.2, 0.25) is 0 Å². The second kappa shape index (κ2) is 10.3. The molecule has 35 heavy (non-hydrogen) atoms. The summed E-state index contributed by atoms with van der Waals surface area (Å²) >= 11 is 0. The van der Waals surface area contributed by atoms with Gasteiger partial charge in [0.1, 0.15) is 11.5 Å². The van der Waals surface area contributed by atoms with Gasteiger partial charge in [-0.25, -0.2) is 0 Å². The number of rotatable bonds is 8. The first-order chi connectivity index (χ1) is 17.2. The Balaban J connectivity index is 1.47. The standard InChI is InChI=1S/C29H27N5O/c1-22-12-9-10-19-27(22)34-29(30-31-32-34)28(24-14-5-3-6-15-24)33(2)21-23-13-11-18-26(20-23)35-25-16-7-4-8-17-25/h3-20,28H,21H2,1-2H3. The predicted molar refractivity (Wildman–Crippen MR) is 137 cm³/mol. The lowest BCUT2D eigenvalue weighted by atomic mass is 10.0. The van der Waals surface area contributed by atoms with Crippen molar-refractivity contribution in [1.82, 2.24) is 25.1 Å². The molecule has 0 saturated heterocycles. The van der Waals surface area contributed by atoms with E-state index in [-0.39, 0.29) is 6.04 Å². The van der Waals surface area contributed by atoms with Gasteiger partial charge >= 0.3 is 0 Å². The van der Waals surface area contributed by atoms with Gasteiger partial charge in [0.25, 0.3) is 0 Å². The van der Waals surface area contributed by atoms with Gasteiger partial charge in [0.15, 0.2) is 5.82 Å². The van der Waals surface area contributed by atoms with Crippen LogP contribution in [0.15, 0.2) is 109 Å². The van der Waals surface area contributed by atoms with Crippen molar-refractivity contribution >= 4 is 0 Å². The maximum absolute atomic E-state index is 6.05. The molecule has 1 unspecified atom stereocenters. The number of ether oxygens (including phenoxy) is 1. The fourth-order valence-corrected chi connectivity index (χ4v) is 4.28. The van der Waals surface area contributed by atoms with Crippen LogP contribution in [0.4, 0.5) is 0 Å². The summed E-state index contributed by atoms with van der Waals surface area (Å²) in [6, 6.07) is 36.4. The zero-order valence-electron chi connectivity index (χ0n) is 19.8. The quantitative estimate of drug-likeness (QED) is 0.284. The molecule has 0 bridgehead atoms. The Morgan fingerprint density at radius 3 is 2.26 bits per heavy atom. The predicted octanol–water partition coefficient (Wildman–Crippen LogP) is 5.98. The highest BCUT2D eigenvalue weighted by Crippen LogP contribution is 2.30. The summed E-state index contributed by atoms with van der Waals surface area (Å²) in [7, 11) is 2.10. The molecule has 6 nitrogen and oxygen atoms in total. The second-order valence-electron chi connectivity index (χ2n) is 8.53. The van der Waals surface area contributed by atoms with Crippen LogP contribution in [0.25, 0.3) is 5.69 Å². The molecule has 6 heteroatoms. The van der Waals surface area contributed by atoms with E-state index in [1.165, 1.54) is 0 Å². The third-order valence-electron chi connectivity index (χ3n) is 5.95. The van der Waals surface area contributed by atoms with Crippen molar-refractivity contribution in [2.75, 3.05) is 7.05 Å². The second-order valence-corrected chi connectivity index (χ2v) is 8.53. The maximum Gasteiger partial charge on any atom is 0.178 e. The molecule has 0 saturated carbocycles. The Morgan fingerprint density at radius 1 is 0.800 bits per heavy atom. The van der Waals surface area contributed by atoms with Gasteiger partial charge in [-0.3, -0.25) is 4.90 Å². The smallest absolute Gasteiger partial charge is 0.178 e. The van der Waals surface area contributed by atoms with Crippen molar-refractivity contribution in [2.24, 2.45) is 0 Å². The van der Waals surface area contributed by atoms with Crippen molar-refractivity contribution in [3.8, 4) is 17.2 Å². The Labute approximate surface area is 205 Å². The van der Waals surface area contributed by atoms with Crippen molar-refractivity contribution in [3.05, 3.63) is 132 Å². The molecule has 0 aliphatic rings. The molecular weight excluding hydrogens is 434 g/mol. The molecule has 0 spiro atoms. The molecular formula is C29H27N5O. The van der Waals surface area contributed by atoms with Crippen LogP contribution in [0.1, 0.15) is 28.6 Å². The molecule has 174 valence electrons. The van der Waals surface area contributed by atoms with E-state index in [1.54, 1.807) is 0 Å². The van der Waals surface area contributed by atoms with Gasteiger partial charge in [-0.05, 0) is 71.4 Å². The molecule has 0 N–H and O–H groups in total. The number of tetrazole rings is 1. The zero-order chi connectivity index (χ0) is 24.0. The molecule has 4 aromatic carbocycles. The van der Waals surface area contributed by atoms with Gasteiger partial charge in [-0.1, -0.05) is 78.9 Å². The zero-order valence-corrected chi connectivity index (χ0v) is 19.8. The molecule has 5 aromatic rings. The molecule has 0 radical (unpaired) electrons. The van der Waals surface area contributed by atoms with Crippen LogP contribution in [-0.2, 0) is 6.54 Å². The summed E-state index contributed by atoms with van der Waals surface area (Å²) in [5.74, 6) is 2.39. The number of nitrogens with zero attached hydrogens (tertiary/aromatic N) is 5. The van der Waals surface area contributed by atoms with Crippen molar-refractivity contribution < 1.29 is 4.74 Å². The van der Waals surface area contributed by atoms with E-state index in [4.69, 9.17) is 4.74 Å². The lowest BCUT2D eigenvalue weighted by molar-refractivity contribution is 0.258. The summed E-state index contributed by atoms with van der Waals surface area (Å²) < 4.78 is 7.90. The minimum Gasteiger partial charge on any atom is -0.457 e. The van der Waals surface area contributed by atoms with Gasteiger partial charge < -0.3 is 4.74 Å². The van der Waals surface area contributed by atoms with Crippen LogP contribution in [0.2, 0.25) is 0 Å². The lowest BCUT2D eigenvalue weighted by Crippen LogP contribution is -2.28. The fraction of sp³-hybridized carbons (Fsp3) is 0.138.